The molecule has 2 N–H and O–H groups in total. The van der Waals surface area contributed by atoms with Gasteiger partial charge in [0.15, 0.2) is 0 Å². The molecule has 8 heteroatoms. The minimum atomic E-state index is -4.93. The third-order valence-corrected chi connectivity index (χ3v) is 1.82. The van der Waals surface area contributed by atoms with Gasteiger partial charge in [0.1, 0.15) is 12.0 Å². The second-order valence-electron chi connectivity index (χ2n) is 3.06. The molecule has 0 spiro atoms. The summed E-state index contributed by atoms with van der Waals surface area (Å²) in [6.07, 6.45) is -3.84. The minimum absolute atomic E-state index is 0.0567. The molecule has 0 fully saturated rings. The fraction of sp³-hybridized carbons (Fsp3) is 0.333. The number of nitrogens with one attached hydrogen (secondary N) is 2. The first-order valence-corrected chi connectivity index (χ1v) is 4.49. The molecule has 0 saturated heterocycles. The van der Waals surface area contributed by atoms with E-state index in [4.69, 9.17) is 4.42 Å². The van der Waals surface area contributed by atoms with Crippen molar-refractivity contribution < 1.29 is 27.2 Å². The molecular weight excluding hydrogens is 241 g/mol. The Kier molecular flexibility index (Phi) is 3.77. The zero-order chi connectivity index (χ0) is 13.1. The first-order valence-electron chi connectivity index (χ1n) is 4.49. The Labute approximate surface area is 94.0 Å². The second-order valence-corrected chi connectivity index (χ2v) is 3.06. The molecule has 0 unspecified atom stereocenters. The van der Waals surface area contributed by atoms with Gasteiger partial charge in [-0.1, -0.05) is 0 Å². The number of amides is 2. The lowest BCUT2D eigenvalue weighted by Crippen LogP contribution is -2.36. The number of carbonyl (C=O) groups is 2. The molecule has 0 saturated carbocycles. The molecule has 94 valence electrons. The number of rotatable bonds is 3. The molecule has 0 bridgehead atoms. The van der Waals surface area contributed by atoms with Gasteiger partial charge in [-0.05, 0) is 6.07 Å². The lowest BCUT2D eigenvalue weighted by atomic mass is 10.3. The van der Waals surface area contributed by atoms with E-state index in [1.807, 2.05) is 0 Å². The second kappa shape index (κ2) is 4.89. The highest BCUT2D eigenvalue weighted by Crippen LogP contribution is 2.15. The average molecular weight is 250 g/mol. The zero-order valence-electron chi connectivity index (χ0n) is 8.72. The molecule has 1 heterocycles. The Morgan fingerprint density at radius 3 is 2.59 bits per heavy atom. The van der Waals surface area contributed by atoms with Crippen molar-refractivity contribution in [2.75, 3.05) is 7.05 Å². The van der Waals surface area contributed by atoms with Gasteiger partial charge in [0.05, 0.1) is 12.1 Å². The van der Waals surface area contributed by atoms with Crippen LogP contribution in [0.25, 0.3) is 0 Å². The molecule has 0 aliphatic carbocycles. The lowest BCUT2D eigenvalue weighted by Gasteiger charge is -2.05. The standard InChI is InChI=1S/C9H9F3N2O3/c1-13-7(15)5-2-6(17-4-5)3-14-8(16)9(10,11)12/h2,4H,3H2,1H3,(H,13,15)(H,14,16). The van der Waals surface area contributed by atoms with E-state index in [-0.39, 0.29) is 11.3 Å². The van der Waals surface area contributed by atoms with E-state index in [9.17, 15) is 22.8 Å². The van der Waals surface area contributed by atoms with Crippen LogP contribution in [0.3, 0.4) is 0 Å². The third kappa shape index (κ3) is 3.51. The molecule has 1 rings (SSSR count). The predicted molar refractivity (Wildman–Crippen MR) is 50.0 cm³/mol. The molecule has 5 nitrogen and oxygen atoms in total. The predicted octanol–water partition coefficient (Wildman–Crippen LogP) is 0.818. The van der Waals surface area contributed by atoms with Crippen LogP contribution in [-0.4, -0.2) is 25.0 Å². The van der Waals surface area contributed by atoms with Crippen molar-refractivity contribution in [1.82, 2.24) is 10.6 Å². The van der Waals surface area contributed by atoms with E-state index in [2.05, 4.69) is 5.32 Å². The van der Waals surface area contributed by atoms with Crippen LogP contribution >= 0.6 is 0 Å². The Balaban J connectivity index is 2.56. The van der Waals surface area contributed by atoms with Gasteiger partial charge in [0.2, 0.25) is 0 Å². The highest BCUT2D eigenvalue weighted by molar-refractivity contribution is 5.93. The van der Waals surface area contributed by atoms with Crippen LogP contribution < -0.4 is 10.6 Å². The van der Waals surface area contributed by atoms with E-state index in [1.165, 1.54) is 13.1 Å². The monoisotopic (exact) mass is 250 g/mol. The van der Waals surface area contributed by atoms with Crippen molar-refractivity contribution in [2.45, 2.75) is 12.7 Å². The van der Waals surface area contributed by atoms with Gasteiger partial charge in [-0.15, -0.1) is 0 Å². The Morgan fingerprint density at radius 2 is 2.06 bits per heavy atom. The highest BCUT2D eigenvalue weighted by atomic mass is 19.4. The maximum atomic E-state index is 11.8. The molecule has 2 amide bonds. The number of alkyl halides is 3. The number of furan rings is 1. The van der Waals surface area contributed by atoms with Gasteiger partial charge in [-0.2, -0.15) is 13.2 Å². The van der Waals surface area contributed by atoms with Gasteiger partial charge < -0.3 is 15.1 Å². The van der Waals surface area contributed by atoms with E-state index >= 15 is 0 Å². The zero-order valence-corrected chi connectivity index (χ0v) is 8.72. The van der Waals surface area contributed by atoms with Gasteiger partial charge >= 0.3 is 12.1 Å². The number of hydrogen-bond acceptors (Lipinski definition) is 3. The molecule has 17 heavy (non-hydrogen) atoms. The first kappa shape index (κ1) is 13.1. The summed E-state index contributed by atoms with van der Waals surface area (Å²) in [5.74, 6) is -2.43. The first-order chi connectivity index (χ1) is 7.84. The fourth-order valence-electron chi connectivity index (χ4n) is 1.00. The number of halogens is 3. The molecule has 1 aromatic rings. The van der Waals surface area contributed by atoms with Crippen molar-refractivity contribution in [3.8, 4) is 0 Å². The Morgan fingerprint density at radius 1 is 1.41 bits per heavy atom. The van der Waals surface area contributed by atoms with E-state index < -0.39 is 24.5 Å². The van der Waals surface area contributed by atoms with E-state index in [0.29, 0.717) is 0 Å². The summed E-state index contributed by atoms with van der Waals surface area (Å²) in [4.78, 5) is 21.6. The summed E-state index contributed by atoms with van der Waals surface area (Å²) >= 11 is 0. The SMILES string of the molecule is CNC(=O)c1coc(CNC(=O)C(F)(F)F)c1. The van der Waals surface area contributed by atoms with Gasteiger partial charge in [0.25, 0.3) is 5.91 Å². The van der Waals surface area contributed by atoms with Crippen LogP contribution in [0, 0.1) is 0 Å². The Bertz CT molecular complexity index is 425. The highest BCUT2D eigenvalue weighted by Gasteiger charge is 2.38. The molecule has 1 aromatic heterocycles. The van der Waals surface area contributed by atoms with Crippen molar-refractivity contribution in [1.29, 1.82) is 0 Å². The van der Waals surface area contributed by atoms with Gasteiger partial charge in [0, 0.05) is 7.05 Å². The minimum Gasteiger partial charge on any atom is -0.467 e. The summed E-state index contributed by atoms with van der Waals surface area (Å²) in [6.45, 7) is -0.435. The maximum absolute atomic E-state index is 11.8. The number of hydrogen-bond donors (Lipinski definition) is 2. The van der Waals surface area contributed by atoms with Crippen LogP contribution in [0.4, 0.5) is 13.2 Å². The quantitative estimate of drug-likeness (QED) is 0.834. The maximum Gasteiger partial charge on any atom is 0.471 e. The van der Waals surface area contributed by atoms with Crippen LogP contribution in [0.5, 0.6) is 0 Å². The summed E-state index contributed by atoms with van der Waals surface area (Å²) < 4.78 is 40.3. The van der Waals surface area contributed by atoms with Crippen molar-refractivity contribution in [3.63, 3.8) is 0 Å². The van der Waals surface area contributed by atoms with Crippen LogP contribution in [0.2, 0.25) is 0 Å². The Hall–Kier alpha value is -1.99. The van der Waals surface area contributed by atoms with Crippen molar-refractivity contribution in [2.24, 2.45) is 0 Å². The fourth-order valence-corrected chi connectivity index (χ4v) is 1.00. The summed E-state index contributed by atoms with van der Waals surface area (Å²) in [5.41, 5.74) is 0.170. The average Bonchev–Trinajstić information content (AvgIpc) is 2.72. The van der Waals surface area contributed by atoms with Crippen LogP contribution in [0.15, 0.2) is 16.7 Å². The summed E-state index contributed by atoms with van der Waals surface area (Å²) in [5, 5.41) is 3.94. The van der Waals surface area contributed by atoms with Gasteiger partial charge in [-0.25, -0.2) is 0 Å². The van der Waals surface area contributed by atoms with E-state index in [0.717, 1.165) is 6.26 Å². The summed E-state index contributed by atoms with van der Waals surface area (Å²) in [7, 11) is 1.40. The normalized spacial score (nSPS) is 11.1. The number of carbonyl (C=O) groups excluding carboxylic acids is 2. The largest absolute Gasteiger partial charge is 0.471 e. The lowest BCUT2D eigenvalue weighted by molar-refractivity contribution is -0.173. The summed E-state index contributed by atoms with van der Waals surface area (Å²) in [6, 6.07) is 1.25. The van der Waals surface area contributed by atoms with E-state index in [1.54, 1.807) is 5.32 Å². The topological polar surface area (TPSA) is 71.3 Å². The van der Waals surface area contributed by atoms with Crippen molar-refractivity contribution in [3.05, 3.63) is 23.7 Å². The third-order valence-electron chi connectivity index (χ3n) is 1.82. The van der Waals surface area contributed by atoms with Crippen LogP contribution in [-0.2, 0) is 11.3 Å². The molecule has 0 radical (unpaired) electrons. The van der Waals surface area contributed by atoms with Crippen LogP contribution in [0.1, 0.15) is 16.1 Å². The molecule has 0 aliphatic heterocycles. The van der Waals surface area contributed by atoms with Gasteiger partial charge in [-0.3, -0.25) is 9.59 Å². The molecule has 0 aromatic carbocycles. The molecule has 0 atom stereocenters. The molecule has 0 aliphatic rings. The van der Waals surface area contributed by atoms with Crippen molar-refractivity contribution >= 4 is 11.8 Å². The smallest absolute Gasteiger partial charge is 0.467 e. The molecular formula is C9H9F3N2O3.